The summed E-state index contributed by atoms with van der Waals surface area (Å²) in [6.45, 7) is 7.42. The SMILES string of the molecule is COc1ccc(Cl)cc1C(=O)/N=c1/cc(C(C)(C)C)on1C[C@H]1CCCO1. The lowest BCUT2D eigenvalue weighted by Crippen LogP contribution is -2.24. The maximum absolute atomic E-state index is 12.8. The number of amides is 1. The number of nitrogens with zero attached hydrogens (tertiary/aromatic N) is 2. The van der Waals surface area contributed by atoms with Gasteiger partial charge in [-0.2, -0.15) is 9.73 Å². The summed E-state index contributed by atoms with van der Waals surface area (Å²) in [4.78, 5) is 17.1. The first-order valence-corrected chi connectivity index (χ1v) is 9.41. The Bertz CT molecular complexity index is 886. The van der Waals surface area contributed by atoms with E-state index in [0.717, 1.165) is 25.2 Å². The fourth-order valence-corrected chi connectivity index (χ4v) is 3.11. The molecule has 0 radical (unpaired) electrons. The van der Waals surface area contributed by atoms with Crippen LogP contribution < -0.4 is 10.2 Å². The first-order valence-electron chi connectivity index (χ1n) is 9.04. The van der Waals surface area contributed by atoms with Crippen molar-refractivity contribution in [2.24, 2.45) is 4.99 Å². The molecule has 2 aromatic rings. The normalized spacial score (nSPS) is 18.1. The molecule has 0 N–H and O–H groups in total. The van der Waals surface area contributed by atoms with Crippen molar-refractivity contribution >= 4 is 17.5 Å². The van der Waals surface area contributed by atoms with Crippen molar-refractivity contribution in [2.45, 2.75) is 51.7 Å². The largest absolute Gasteiger partial charge is 0.496 e. The zero-order valence-corrected chi connectivity index (χ0v) is 16.9. The van der Waals surface area contributed by atoms with Crippen molar-refractivity contribution < 1.29 is 18.8 Å². The van der Waals surface area contributed by atoms with Crippen molar-refractivity contribution in [1.82, 2.24) is 4.74 Å². The number of carbonyl (C=O) groups is 1. The van der Waals surface area contributed by atoms with Crippen LogP contribution in [-0.2, 0) is 16.7 Å². The van der Waals surface area contributed by atoms with Crippen LogP contribution in [0.3, 0.4) is 0 Å². The Morgan fingerprint density at radius 1 is 1.37 bits per heavy atom. The van der Waals surface area contributed by atoms with Gasteiger partial charge in [-0.3, -0.25) is 4.79 Å². The number of ether oxygens (including phenoxy) is 2. The summed E-state index contributed by atoms with van der Waals surface area (Å²) in [5, 5.41) is 0.448. The molecule has 1 amide bonds. The summed E-state index contributed by atoms with van der Waals surface area (Å²) in [6, 6.07) is 6.69. The molecule has 146 valence electrons. The molecular formula is C20H25ClN2O4. The van der Waals surface area contributed by atoms with E-state index < -0.39 is 5.91 Å². The highest BCUT2D eigenvalue weighted by atomic mass is 35.5. The Kier molecular flexibility index (Phi) is 5.77. The van der Waals surface area contributed by atoms with Crippen molar-refractivity contribution in [3.05, 3.63) is 46.1 Å². The minimum atomic E-state index is -0.434. The van der Waals surface area contributed by atoms with E-state index in [9.17, 15) is 4.79 Å². The number of halogens is 1. The molecule has 2 heterocycles. The molecule has 0 saturated carbocycles. The smallest absolute Gasteiger partial charge is 0.282 e. The van der Waals surface area contributed by atoms with Gasteiger partial charge in [-0.1, -0.05) is 32.4 Å². The molecule has 0 bridgehead atoms. The van der Waals surface area contributed by atoms with Gasteiger partial charge in [0.2, 0.25) is 0 Å². The summed E-state index contributed by atoms with van der Waals surface area (Å²) in [6.07, 6.45) is 2.07. The number of benzene rings is 1. The zero-order chi connectivity index (χ0) is 19.6. The van der Waals surface area contributed by atoms with E-state index in [1.807, 2.05) is 26.8 Å². The highest BCUT2D eigenvalue weighted by Crippen LogP contribution is 2.24. The van der Waals surface area contributed by atoms with Gasteiger partial charge in [-0.05, 0) is 31.0 Å². The molecule has 6 nitrogen and oxygen atoms in total. The predicted molar refractivity (Wildman–Crippen MR) is 102 cm³/mol. The van der Waals surface area contributed by atoms with Crippen LogP contribution in [0.1, 0.15) is 49.7 Å². The summed E-state index contributed by atoms with van der Waals surface area (Å²) in [5.74, 6) is 0.750. The molecule has 1 aliphatic rings. The van der Waals surface area contributed by atoms with Crippen molar-refractivity contribution in [3.8, 4) is 5.75 Å². The molecule has 1 aromatic carbocycles. The van der Waals surface area contributed by atoms with Gasteiger partial charge in [0, 0.05) is 23.1 Å². The first kappa shape index (κ1) is 19.7. The maximum Gasteiger partial charge on any atom is 0.282 e. The quantitative estimate of drug-likeness (QED) is 0.789. The van der Waals surface area contributed by atoms with E-state index in [4.69, 9.17) is 25.6 Å². The van der Waals surface area contributed by atoms with Crippen LogP contribution in [0.15, 0.2) is 33.8 Å². The van der Waals surface area contributed by atoms with E-state index in [0.29, 0.717) is 28.4 Å². The second-order valence-corrected chi connectivity index (χ2v) is 8.10. The van der Waals surface area contributed by atoms with Gasteiger partial charge >= 0.3 is 0 Å². The maximum atomic E-state index is 12.8. The summed E-state index contributed by atoms with van der Waals surface area (Å²) < 4.78 is 18.6. The minimum absolute atomic E-state index is 0.0683. The Balaban J connectivity index is 2.02. The molecule has 1 saturated heterocycles. The molecule has 0 aliphatic carbocycles. The zero-order valence-electron chi connectivity index (χ0n) is 16.1. The third-order valence-corrected chi connectivity index (χ3v) is 4.70. The molecule has 0 unspecified atom stereocenters. The molecule has 3 rings (SSSR count). The van der Waals surface area contributed by atoms with Crippen LogP contribution >= 0.6 is 11.6 Å². The summed E-state index contributed by atoms with van der Waals surface area (Å²) >= 11 is 6.04. The second-order valence-electron chi connectivity index (χ2n) is 7.67. The molecule has 7 heteroatoms. The van der Waals surface area contributed by atoms with Crippen LogP contribution in [0.4, 0.5) is 0 Å². The average Bonchev–Trinajstić information content (AvgIpc) is 3.25. The van der Waals surface area contributed by atoms with E-state index in [1.54, 1.807) is 22.9 Å². The highest BCUT2D eigenvalue weighted by Gasteiger charge is 2.23. The van der Waals surface area contributed by atoms with E-state index in [1.165, 1.54) is 7.11 Å². The predicted octanol–water partition coefficient (Wildman–Crippen LogP) is 3.96. The molecule has 0 spiro atoms. The summed E-state index contributed by atoms with van der Waals surface area (Å²) in [7, 11) is 1.51. The number of rotatable bonds is 4. The van der Waals surface area contributed by atoms with Gasteiger partial charge in [-0.25, -0.2) is 0 Å². The second kappa shape index (κ2) is 7.90. The number of aromatic nitrogens is 1. The van der Waals surface area contributed by atoms with Gasteiger partial charge in [0.05, 0.1) is 25.3 Å². The average molecular weight is 393 g/mol. The fraction of sp³-hybridized carbons (Fsp3) is 0.500. The van der Waals surface area contributed by atoms with Gasteiger partial charge in [-0.15, -0.1) is 0 Å². The lowest BCUT2D eigenvalue weighted by molar-refractivity contribution is 0.0663. The Morgan fingerprint density at radius 3 is 2.78 bits per heavy atom. The van der Waals surface area contributed by atoms with E-state index in [2.05, 4.69) is 4.99 Å². The van der Waals surface area contributed by atoms with Crippen molar-refractivity contribution in [2.75, 3.05) is 13.7 Å². The molecule has 1 atom stereocenters. The van der Waals surface area contributed by atoms with Crippen molar-refractivity contribution in [1.29, 1.82) is 0 Å². The summed E-state index contributed by atoms with van der Waals surface area (Å²) in [5.41, 5.74) is 0.567. The number of hydrogen-bond donors (Lipinski definition) is 0. The van der Waals surface area contributed by atoms with Gasteiger partial charge in [0.25, 0.3) is 5.91 Å². The molecule has 1 fully saturated rings. The van der Waals surface area contributed by atoms with Gasteiger partial charge in [0.1, 0.15) is 11.5 Å². The van der Waals surface area contributed by atoms with Gasteiger partial charge < -0.3 is 14.0 Å². The van der Waals surface area contributed by atoms with Crippen LogP contribution in [0.25, 0.3) is 0 Å². The lowest BCUT2D eigenvalue weighted by Gasteiger charge is -2.14. The Hall–Kier alpha value is -2.05. The third-order valence-electron chi connectivity index (χ3n) is 4.46. The monoisotopic (exact) mass is 392 g/mol. The molecule has 1 aromatic heterocycles. The fourth-order valence-electron chi connectivity index (χ4n) is 2.94. The minimum Gasteiger partial charge on any atom is -0.496 e. The van der Waals surface area contributed by atoms with Crippen LogP contribution in [0, 0.1) is 0 Å². The third kappa shape index (κ3) is 4.62. The van der Waals surface area contributed by atoms with Crippen molar-refractivity contribution in [3.63, 3.8) is 0 Å². The molecule has 1 aliphatic heterocycles. The number of methoxy groups -OCH3 is 1. The Labute approximate surface area is 163 Å². The lowest BCUT2D eigenvalue weighted by atomic mass is 9.94. The van der Waals surface area contributed by atoms with Crippen LogP contribution in [0.5, 0.6) is 5.75 Å². The highest BCUT2D eigenvalue weighted by molar-refractivity contribution is 6.31. The van der Waals surface area contributed by atoms with E-state index in [-0.39, 0.29) is 11.5 Å². The van der Waals surface area contributed by atoms with E-state index >= 15 is 0 Å². The number of carbonyl (C=O) groups excluding carboxylic acids is 1. The molecular weight excluding hydrogens is 368 g/mol. The topological polar surface area (TPSA) is 66.0 Å². The van der Waals surface area contributed by atoms with Gasteiger partial charge in [0.15, 0.2) is 5.49 Å². The standard InChI is InChI=1S/C20H25ClN2O4/c1-20(2,3)17-11-18(23(27-17)12-14-6-5-9-26-14)22-19(24)15-10-13(21)7-8-16(15)25-4/h7-8,10-11,14H,5-6,9,12H2,1-4H3/b22-18-/t14-/m1/s1. The number of hydrogen-bond acceptors (Lipinski definition) is 4. The van der Waals surface area contributed by atoms with Crippen LogP contribution in [-0.4, -0.2) is 30.5 Å². The molecule has 27 heavy (non-hydrogen) atoms. The first-order chi connectivity index (χ1) is 12.8. The van der Waals surface area contributed by atoms with Crippen LogP contribution in [0.2, 0.25) is 5.02 Å². The Morgan fingerprint density at radius 2 is 2.15 bits per heavy atom.